The second-order valence-corrected chi connectivity index (χ2v) is 14.4. The van der Waals surface area contributed by atoms with Crippen LogP contribution in [0.5, 0.6) is 11.5 Å². The van der Waals surface area contributed by atoms with E-state index in [1.807, 2.05) is 30.3 Å². The number of aliphatic imine (C=N–C) groups is 1. The van der Waals surface area contributed by atoms with Crippen molar-refractivity contribution in [1.29, 1.82) is 0 Å². The lowest BCUT2D eigenvalue weighted by molar-refractivity contribution is -0.00621. The van der Waals surface area contributed by atoms with Crippen LogP contribution in [0.4, 0.5) is 11.4 Å². The predicted octanol–water partition coefficient (Wildman–Crippen LogP) is 8.47. The highest BCUT2D eigenvalue weighted by atomic mass is 127. The monoisotopic (exact) mass is 732 g/mol. The molecule has 3 aromatic carbocycles. The van der Waals surface area contributed by atoms with E-state index in [9.17, 15) is 10.2 Å². The van der Waals surface area contributed by atoms with E-state index in [0.29, 0.717) is 17.9 Å². The summed E-state index contributed by atoms with van der Waals surface area (Å²) in [6.45, 7) is 2.77. The molecule has 4 aliphatic rings. The SMILES string of the molecule is Cc1cc(CN(C)c2ccccc2/N=C/c2cc(I)cc(I)c2O)c(O)c(C23CC4CC(CC(C4)C2)C3)c1. The molecule has 0 amide bonds. The van der Waals surface area contributed by atoms with Gasteiger partial charge >= 0.3 is 0 Å². The molecule has 0 unspecified atom stereocenters. The number of hydrogen-bond acceptors (Lipinski definition) is 4. The van der Waals surface area contributed by atoms with Crippen molar-refractivity contribution in [2.75, 3.05) is 11.9 Å². The number of phenols is 2. The average molecular weight is 732 g/mol. The van der Waals surface area contributed by atoms with Gasteiger partial charge in [-0.25, -0.2) is 0 Å². The molecule has 4 fully saturated rings. The molecular weight excluding hydrogens is 698 g/mol. The Labute approximate surface area is 252 Å². The fourth-order valence-corrected chi connectivity index (χ4v) is 9.77. The minimum absolute atomic E-state index is 0.160. The van der Waals surface area contributed by atoms with Gasteiger partial charge in [-0.05, 0) is 138 Å². The molecule has 0 heterocycles. The van der Waals surface area contributed by atoms with Crippen molar-refractivity contribution in [3.05, 3.63) is 77.9 Å². The Bertz CT molecular complexity index is 1380. The quantitative estimate of drug-likeness (QED) is 0.198. The third kappa shape index (κ3) is 4.95. The summed E-state index contributed by atoms with van der Waals surface area (Å²) in [6.07, 6.45) is 9.67. The molecule has 0 aromatic heterocycles. The van der Waals surface area contributed by atoms with Gasteiger partial charge in [0.05, 0.1) is 14.9 Å². The van der Waals surface area contributed by atoms with E-state index >= 15 is 0 Å². The first-order chi connectivity index (χ1) is 18.2. The molecule has 0 atom stereocenters. The number of aryl methyl sites for hydroxylation is 1. The van der Waals surface area contributed by atoms with Gasteiger partial charge in [0.15, 0.2) is 0 Å². The van der Waals surface area contributed by atoms with Gasteiger partial charge in [-0.15, -0.1) is 0 Å². The van der Waals surface area contributed by atoms with Gasteiger partial charge < -0.3 is 15.1 Å². The van der Waals surface area contributed by atoms with Crippen LogP contribution >= 0.6 is 45.2 Å². The number of hydrogen-bond donors (Lipinski definition) is 2. The Morgan fingerprint density at radius 1 is 0.947 bits per heavy atom. The summed E-state index contributed by atoms with van der Waals surface area (Å²) in [4.78, 5) is 6.94. The molecule has 4 saturated carbocycles. The summed E-state index contributed by atoms with van der Waals surface area (Å²) in [6, 6.07) is 16.4. The molecule has 0 radical (unpaired) electrons. The van der Waals surface area contributed by atoms with E-state index in [1.165, 1.54) is 49.7 Å². The molecule has 4 bridgehead atoms. The summed E-state index contributed by atoms with van der Waals surface area (Å²) < 4.78 is 1.87. The Morgan fingerprint density at radius 2 is 1.61 bits per heavy atom. The number of para-hydroxylation sites is 2. The smallest absolute Gasteiger partial charge is 0.137 e. The van der Waals surface area contributed by atoms with Crippen LogP contribution in [0.2, 0.25) is 0 Å². The molecule has 0 saturated heterocycles. The largest absolute Gasteiger partial charge is 0.507 e. The summed E-state index contributed by atoms with van der Waals surface area (Å²) in [5, 5.41) is 22.2. The minimum Gasteiger partial charge on any atom is -0.507 e. The predicted molar refractivity (Wildman–Crippen MR) is 172 cm³/mol. The van der Waals surface area contributed by atoms with E-state index in [0.717, 1.165) is 41.8 Å². The van der Waals surface area contributed by atoms with E-state index in [-0.39, 0.29) is 11.2 Å². The number of aromatic hydroxyl groups is 2. The van der Waals surface area contributed by atoms with Crippen molar-refractivity contribution >= 4 is 62.8 Å². The molecule has 3 aromatic rings. The standard InChI is InChI=1S/C32H34I2N2O2/c1-19-7-24(30(37)26(8-19)32-14-20-9-21(15-32)11-22(10-20)16-32)18-36(2)29-6-4-3-5-28(29)35-17-23-12-25(33)13-27(34)31(23)38/h3-8,12-13,17,20-22,37-38H,9-11,14-16,18H2,1-2H3/b35-17+. The second-order valence-electron chi connectivity index (χ2n) is 11.9. The highest BCUT2D eigenvalue weighted by molar-refractivity contribution is 14.1. The van der Waals surface area contributed by atoms with Crippen LogP contribution < -0.4 is 4.90 Å². The first-order valence-corrected chi connectivity index (χ1v) is 15.7. The maximum atomic E-state index is 11.7. The molecular formula is C32H34I2N2O2. The number of benzene rings is 3. The fraction of sp³-hybridized carbons (Fsp3) is 0.406. The summed E-state index contributed by atoms with van der Waals surface area (Å²) >= 11 is 4.41. The fourth-order valence-electron chi connectivity index (χ4n) is 7.88. The number of phenolic OH excluding ortho intramolecular Hbond substituents is 2. The van der Waals surface area contributed by atoms with Crippen molar-refractivity contribution in [1.82, 2.24) is 0 Å². The zero-order valence-corrected chi connectivity index (χ0v) is 26.2. The zero-order valence-electron chi connectivity index (χ0n) is 21.9. The van der Waals surface area contributed by atoms with E-state index in [2.05, 4.69) is 82.3 Å². The van der Waals surface area contributed by atoms with Crippen molar-refractivity contribution in [2.45, 2.75) is 57.4 Å². The van der Waals surface area contributed by atoms with Gasteiger partial charge in [0.25, 0.3) is 0 Å². The van der Waals surface area contributed by atoms with Gasteiger partial charge in [0.2, 0.25) is 0 Å². The first-order valence-electron chi connectivity index (χ1n) is 13.6. The van der Waals surface area contributed by atoms with Crippen molar-refractivity contribution in [3.8, 4) is 11.5 Å². The summed E-state index contributed by atoms with van der Waals surface area (Å²) in [5.41, 5.74) is 6.10. The summed E-state index contributed by atoms with van der Waals surface area (Å²) in [5.74, 6) is 3.28. The molecule has 2 N–H and O–H groups in total. The number of rotatable bonds is 6. The number of anilines is 1. The molecule has 198 valence electrons. The first kappa shape index (κ1) is 26.4. The number of halogens is 2. The topological polar surface area (TPSA) is 56.1 Å². The molecule has 6 heteroatoms. The van der Waals surface area contributed by atoms with Crippen LogP contribution in [-0.2, 0) is 12.0 Å². The van der Waals surface area contributed by atoms with Crippen LogP contribution in [0.3, 0.4) is 0 Å². The lowest BCUT2D eigenvalue weighted by Gasteiger charge is -2.57. The van der Waals surface area contributed by atoms with Gasteiger partial charge in [-0.1, -0.05) is 29.8 Å². The minimum atomic E-state index is 0.160. The Morgan fingerprint density at radius 3 is 2.29 bits per heavy atom. The highest BCUT2D eigenvalue weighted by Gasteiger charge is 2.52. The van der Waals surface area contributed by atoms with Crippen molar-refractivity contribution < 1.29 is 10.2 Å². The Kier molecular flexibility index (Phi) is 7.16. The molecule has 38 heavy (non-hydrogen) atoms. The van der Waals surface area contributed by atoms with Crippen LogP contribution in [0, 0.1) is 31.8 Å². The third-order valence-corrected chi connectivity index (χ3v) is 10.5. The molecule has 0 spiro atoms. The van der Waals surface area contributed by atoms with Gasteiger partial charge in [-0.3, -0.25) is 4.99 Å². The third-order valence-electron chi connectivity index (χ3n) is 9.04. The summed E-state index contributed by atoms with van der Waals surface area (Å²) in [7, 11) is 2.06. The average Bonchev–Trinajstić information content (AvgIpc) is 2.86. The lowest BCUT2D eigenvalue weighted by atomic mass is 9.48. The number of nitrogens with zero attached hydrogens (tertiary/aromatic N) is 2. The second kappa shape index (κ2) is 10.3. The van der Waals surface area contributed by atoms with Gasteiger partial charge in [-0.2, -0.15) is 0 Å². The maximum Gasteiger partial charge on any atom is 0.137 e. The van der Waals surface area contributed by atoms with E-state index in [4.69, 9.17) is 4.99 Å². The lowest BCUT2D eigenvalue weighted by Crippen LogP contribution is -2.48. The highest BCUT2D eigenvalue weighted by Crippen LogP contribution is 2.62. The van der Waals surface area contributed by atoms with Crippen molar-refractivity contribution in [2.24, 2.45) is 22.7 Å². The van der Waals surface area contributed by atoms with Gasteiger partial charge in [0, 0.05) is 40.1 Å². The Hall–Kier alpha value is -1.81. The van der Waals surface area contributed by atoms with Crippen LogP contribution in [-0.4, -0.2) is 23.5 Å². The molecule has 0 aliphatic heterocycles. The maximum absolute atomic E-state index is 11.7. The zero-order chi connectivity index (χ0) is 26.6. The van der Waals surface area contributed by atoms with Crippen LogP contribution in [0.1, 0.15) is 60.8 Å². The van der Waals surface area contributed by atoms with E-state index < -0.39 is 0 Å². The van der Waals surface area contributed by atoms with Gasteiger partial charge in [0.1, 0.15) is 11.5 Å². The normalized spacial score (nSPS) is 25.8. The van der Waals surface area contributed by atoms with Crippen LogP contribution in [0.25, 0.3) is 0 Å². The molecule has 7 rings (SSSR count). The molecule has 4 nitrogen and oxygen atoms in total. The molecule has 4 aliphatic carbocycles. The van der Waals surface area contributed by atoms with E-state index in [1.54, 1.807) is 6.21 Å². The Balaban J connectivity index is 1.29. The van der Waals surface area contributed by atoms with Crippen LogP contribution in [0.15, 0.2) is 53.5 Å². The van der Waals surface area contributed by atoms with Crippen molar-refractivity contribution in [3.63, 3.8) is 0 Å².